The van der Waals surface area contributed by atoms with Gasteiger partial charge in [-0.2, -0.15) is 0 Å². The summed E-state index contributed by atoms with van der Waals surface area (Å²) in [7, 11) is 0. The lowest BCUT2D eigenvalue weighted by atomic mass is 9.76. The number of amides is 1. The Morgan fingerprint density at radius 3 is 2.59 bits per heavy atom. The van der Waals surface area contributed by atoms with Crippen molar-refractivity contribution < 1.29 is 19.1 Å². The molecule has 0 saturated carbocycles. The fraction of sp³-hybridized carbons (Fsp3) is 0.647. The van der Waals surface area contributed by atoms with Crippen LogP contribution in [0.5, 0.6) is 0 Å². The Kier molecular flexibility index (Phi) is 4.75. The predicted molar refractivity (Wildman–Crippen MR) is 83.2 cm³/mol. The van der Waals surface area contributed by atoms with Crippen molar-refractivity contribution in [2.45, 2.75) is 47.0 Å². The molecule has 122 valence electrons. The van der Waals surface area contributed by atoms with Gasteiger partial charge < -0.3 is 14.4 Å². The van der Waals surface area contributed by atoms with Gasteiger partial charge >= 0.3 is 0 Å². The maximum Gasteiger partial charge on any atom is 0.289 e. The van der Waals surface area contributed by atoms with E-state index >= 15 is 0 Å². The molecule has 0 saturated heterocycles. The molecule has 5 nitrogen and oxygen atoms in total. The van der Waals surface area contributed by atoms with Gasteiger partial charge in [-0.25, -0.2) is 0 Å². The number of Topliss-reactive ketones (excluding diaryl/α,β-unsaturated/α-hetero) is 1. The number of furan rings is 1. The molecule has 0 fully saturated rings. The molecule has 1 N–H and O–H groups in total. The highest BCUT2D eigenvalue weighted by Gasteiger charge is 2.37. The van der Waals surface area contributed by atoms with Crippen LogP contribution in [-0.2, 0) is 6.42 Å². The minimum atomic E-state index is -0.242. The first kappa shape index (κ1) is 16.7. The third kappa shape index (κ3) is 3.09. The Labute approximate surface area is 131 Å². The van der Waals surface area contributed by atoms with E-state index in [1.165, 1.54) is 0 Å². The van der Waals surface area contributed by atoms with Crippen molar-refractivity contribution in [3.8, 4) is 0 Å². The van der Waals surface area contributed by atoms with Crippen molar-refractivity contribution in [1.82, 2.24) is 4.90 Å². The van der Waals surface area contributed by atoms with Crippen LogP contribution < -0.4 is 0 Å². The van der Waals surface area contributed by atoms with Gasteiger partial charge in [-0.05, 0) is 18.8 Å². The topological polar surface area (TPSA) is 70.8 Å². The lowest BCUT2D eigenvalue weighted by Crippen LogP contribution is -2.34. The zero-order valence-electron chi connectivity index (χ0n) is 13.9. The Morgan fingerprint density at radius 2 is 2.00 bits per heavy atom. The standard InChI is InChI=1S/C17H25NO4/c1-5-6-18(7-8-19)16(21)15-11(2)14-12(20)9-17(3,4)10-13(14)22-15/h19H,5-10H2,1-4H3. The molecule has 1 amide bonds. The number of rotatable bonds is 5. The molecule has 0 aliphatic heterocycles. The Hall–Kier alpha value is -1.62. The summed E-state index contributed by atoms with van der Waals surface area (Å²) >= 11 is 0. The van der Waals surface area contributed by atoms with E-state index in [2.05, 4.69) is 0 Å². The van der Waals surface area contributed by atoms with Gasteiger partial charge in [0.05, 0.1) is 12.2 Å². The lowest BCUT2D eigenvalue weighted by molar-refractivity contribution is 0.0684. The second-order valence-corrected chi connectivity index (χ2v) is 6.81. The Bertz CT molecular complexity index is 580. The molecule has 1 aromatic rings. The van der Waals surface area contributed by atoms with E-state index in [0.29, 0.717) is 36.3 Å². The predicted octanol–water partition coefficient (Wildman–Crippen LogP) is 2.59. The van der Waals surface area contributed by atoms with Gasteiger partial charge in [0.1, 0.15) is 5.76 Å². The number of aliphatic hydroxyl groups is 1. The van der Waals surface area contributed by atoms with Crippen LogP contribution in [0.3, 0.4) is 0 Å². The van der Waals surface area contributed by atoms with Gasteiger partial charge in [0, 0.05) is 31.5 Å². The van der Waals surface area contributed by atoms with Crippen LogP contribution in [-0.4, -0.2) is 41.4 Å². The summed E-state index contributed by atoms with van der Waals surface area (Å²) < 4.78 is 5.78. The molecule has 1 aliphatic carbocycles. The summed E-state index contributed by atoms with van der Waals surface area (Å²) in [5, 5.41) is 9.12. The van der Waals surface area contributed by atoms with Gasteiger partial charge in [0.15, 0.2) is 11.5 Å². The smallest absolute Gasteiger partial charge is 0.289 e. The third-order valence-corrected chi connectivity index (χ3v) is 4.12. The Balaban J connectivity index is 2.38. The van der Waals surface area contributed by atoms with Crippen LogP contribution in [0.2, 0.25) is 0 Å². The second kappa shape index (κ2) is 6.24. The summed E-state index contributed by atoms with van der Waals surface area (Å²) in [6, 6.07) is 0. The number of fused-ring (bicyclic) bond motifs is 1. The molecular weight excluding hydrogens is 282 g/mol. The molecule has 5 heteroatoms. The first-order valence-electron chi connectivity index (χ1n) is 7.86. The van der Waals surface area contributed by atoms with Crippen molar-refractivity contribution in [3.63, 3.8) is 0 Å². The molecule has 1 aromatic heterocycles. The number of ketones is 1. The van der Waals surface area contributed by atoms with Gasteiger partial charge in [-0.15, -0.1) is 0 Å². The van der Waals surface area contributed by atoms with Crippen LogP contribution in [0.25, 0.3) is 0 Å². The minimum Gasteiger partial charge on any atom is -0.455 e. The third-order valence-electron chi connectivity index (χ3n) is 4.12. The summed E-state index contributed by atoms with van der Waals surface area (Å²) in [6.07, 6.45) is 1.94. The number of nitrogens with zero attached hydrogens (tertiary/aromatic N) is 1. The van der Waals surface area contributed by atoms with Crippen LogP contribution in [0.4, 0.5) is 0 Å². The van der Waals surface area contributed by atoms with Crippen molar-refractivity contribution >= 4 is 11.7 Å². The molecule has 1 heterocycles. The van der Waals surface area contributed by atoms with E-state index in [4.69, 9.17) is 9.52 Å². The maximum absolute atomic E-state index is 12.6. The van der Waals surface area contributed by atoms with Crippen LogP contribution in [0.1, 0.15) is 65.8 Å². The highest BCUT2D eigenvalue weighted by molar-refractivity contribution is 6.03. The minimum absolute atomic E-state index is 0.0516. The molecule has 0 spiro atoms. The van der Waals surface area contributed by atoms with E-state index in [-0.39, 0.29) is 36.0 Å². The fourth-order valence-corrected chi connectivity index (χ4v) is 3.14. The summed E-state index contributed by atoms with van der Waals surface area (Å²) in [5.41, 5.74) is 1.09. The maximum atomic E-state index is 12.6. The largest absolute Gasteiger partial charge is 0.455 e. The SMILES string of the molecule is CCCN(CCO)C(=O)c1oc2c(c1C)C(=O)CC(C)(C)C2. The molecule has 0 aromatic carbocycles. The van der Waals surface area contributed by atoms with E-state index in [1.807, 2.05) is 20.8 Å². The first-order valence-corrected chi connectivity index (χ1v) is 7.86. The van der Waals surface area contributed by atoms with Gasteiger partial charge in [0.25, 0.3) is 5.91 Å². The van der Waals surface area contributed by atoms with Crippen molar-refractivity contribution in [3.05, 3.63) is 22.6 Å². The summed E-state index contributed by atoms with van der Waals surface area (Å²) in [5.74, 6) is 0.685. The average molecular weight is 307 g/mol. The van der Waals surface area contributed by atoms with Crippen molar-refractivity contribution in [1.29, 1.82) is 0 Å². The van der Waals surface area contributed by atoms with Gasteiger partial charge in [-0.3, -0.25) is 9.59 Å². The van der Waals surface area contributed by atoms with Gasteiger partial charge in [0.2, 0.25) is 0 Å². The molecule has 0 atom stereocenters. The number of hydrogen-bond donors (Lipinski definition) is 1. The molecule has 2 rings (SSSR count). The normalized spacial score (nSPS) is 16.5. The Morgan fingerprint density at radius 1 is 1.32 bits per heavy atom. The van der Waals surface area contributed by atoms with Crippen LogP contribution >= 0.6 is 0 Å². The number of carbonyl (C=O) groups is 2. The first-order chi connectivity index (χ1) is 10.3. The molecule has 22 heavy (non-hydrogen) atoms. The van der Waals surface area contributed by atoms with Crippen LogP contribution in [0.15, 0.2) is 4.42 Å². The second-order valence-electron chi connectivity index (χ2n) is 6.81. The lowest BCUT2D eigenvalue weighted by Gasteiger charge is -2.27. The van der Waals surface area contributed by atoms with Crippen molar-refractivity contribution in [2.75, 3.05) is 19.7 Å². The van der Waals surface area contributed by atoms with E-state index in [0.717, 1.165) is 6.42 Å². The number of aliphatic hydroxyl groups excluding tert-OH is 1. The van der Waals surface area contributed by atoms with E-state index in [1.54, 1.807) is 11.8 Å². The summed E-state index contributed by atoms with van der Waals surface area (Å²) in [6.45, 7) is 8.56. The number of hydrogen-bond acceptors (Lipinski definition) is 4. The quantitative estimate of drug-likeness (QED) is 0.907. The summed E-state index contributed by atoms with van der Waals surface area (Å²) in [4.78, 5) is 26.6. The zero-order chi connectivity index (χ0) is 16.5. The highest BCUT2D eigenvalue weighted by atomic mass is 16.4. The monoisotopic (exact) mass is 307 g/mol. The number of carbonyl (C=O) groups excluding carboxylic acids is 2. The van der Waals surface area contributed by atoms with Gasteiger partial charge in [-0.1, -0.05) is 20.8 Å². The average Bonchev–Trinajstić information content (AvgIpc) is 2.73. The molecule has 0 radical (unpaired) electrons. The fourth-order valence-electron chi connectivity index (χ4n) is 3.14. The zero-order valence-corrected chi connectivity index (χ0v) is 13.9. The molecule has 0 bridgehead atoms. The van der Waals surface area contributed by atoms with Crippen molar-refractivity contribution in [2.24, 2.45) is 5.41 Å². The molecule has 1 aliphatic rings. The molecule has 0 unspecified atom stereocenters. The van der Waals surface area contributed by atoms with Crippen LogP contribution in [0, 0.1) is 12.3 Å². The highest BCUT2D eigenvalue weighted by Crippen LogP contribution is 2.38. The van der Waals surface area contributed by atoms with E-state index < -0.39 is 0 Å². The van der Waals surface area contributed by atoms with E-state index in [9.17, 15) is 9.59 Å². The molecular formula is C17H25NO4.